The Hall–Kier alpha value is -2.80. The predicted molar refractivity (Wildman–Crippen MR) is 101 cm³/mol. The maximum absolute atomic E-state index is 13.5. The molecule has 28 heavy (non-hydrogen) atoms. The molecule has 1 heterocycles. The van der Waals surface area contributed by atoms with Gasteiger partial charge in [-0.15, -0.1) is 0 Å². The third-order valence-corrected chi connectivity index (χ3v) is 4.93. The SMILES string of the molecule is CC(c1ccc(F)c(F)c1)N(C)C(=O)c1cccc(NC(=O)C2CCCO2)c1. The van der Waals surface area contributed by atoms with Crippen LogP contribution in [0.1, 0.15) is 41.7 Å². The van der Waals surface area contributed by atoms with Crippen molar-refractivity contribution in [3.63, 3.8) is 0 Å². The second-order valence-corrected chi connectivity index (χ2v) is 6.84. The number of ether oxygens (including phenoxy) is 1. The van der Waals surface area contributed by atoms with E-state index in [-0.39, 0.29) is 11.8 Å². The molecule has 1 aliphatic rings. The first-order valence-electron chi connectivity index (χ1n) is 9.11. The molecule has 2 aromatic carbocycles. The normalized spacial score (nSPS) is 17.2. The molecule has 7 heteroatoms. The van der Waals surface area contributed by atoms with E-state index < -0.39 is 23.8 Å². The van der Waals surface area contributed by atoms with Crippen molar-refractivity contribution >= 4 is 17.5 Å². The van der Waals surface area contributed by atoms with E-state index in [2.05, 4.69) is 5.32 Å². The minimum Gasteiger partial charge on any atom is -0.368 e. The van der Waals surface area contributed by atoms with Crippen LogP contribution in [0, 0.1) is 11.6 Å². The predicted octanol–water partition coefficient (Wildman–Crippen LogP) is 3.92. The fourth-order valence-corrected chi connectivity index (χ4v) is 3.11. The molecule has 2 atom stereocenters. The summed E-state index contributed by atoms with van der Waals surface area (Å²) in [6.07, 6.45) is 1.07. The molecule has 0 aromatic heterocycles. The Morgan fingerprint density at radius 1 is 1.18 bits per heavy atom. The van der Waals surface area contributed by atoms with Crippen LogP contribution >= 0.6 is 0 Å². The van der Waals surface area contributed by atoms with Crippen LogP contribution in [0.4, 0.5) is 14.5 Å². The summed E-state index contributed by atoms with van der Waals surface area (Å²) in [4.78, 5) is 26.4. The summed E-state index contributed by atoms with van der Waals surface area (Å²) in [7, 11) is 1.59. The molecular formula is C21H22F2N2O3. The fraction of sp³-hybridized carbons (Fsp3) is 0.333. The van der Waals surface area contributed by atoms with Crippen molar-refractivity contribution in [2.75, 3.05) is 19.0 Å². The quantitative estimate of drug-likeness (QED) is 0.845. The summed E-state index contributed by atoms with van der Waals surface area (Å²) in [5.74, 6) is -2.42. The van der Waals surface area contributed by atoms with Gasteiger partial charge in [-0.05, 0) is 55.7 Å². The van der Waals surface area contributed by atoms with Crippen molar-refractivity contribution in [1.29, 1.82) is 0 Å². The Labute approximate surface area is 162 Å². The number of rotatable bonds is 5. The van der Waals surface area contributed by atoms with Gasteiger partial charge in [0.2, 0.25) is 0 Å². The van der Waals surface area contributed by atoms with Gasteiger partial charge in [-0.25, -0.2) is 8.78 Å². The fourth-order valence-electron chi connectivity index (χ4n) is 3.11. The van der Waals surface area contributed by atoms with Crippen LogP contribution in [-0.4, -0.2) is 36.5 Å². The number of nitrogens with one attached hydrogen (secondary N) is 1. The lowest BCUT2D eigenvalue weighted by Crippen LogP contribution is -2.30. The molecule has 0 radical (unpaired) electrons. The standard InChI is InChI=1S/C21H22F2N2O3/c1-13(14-8-9-17(22)18(23)12-14)25(2)21(27)15-5-3-6-16(11-15)24-20(26)19-7-4-10-28-19/h3,5-6,8-9,11-13,19H,4,7,10H2,1-2H3,(H,24,26). The molecule has 0 aliphatic carbocycles. The first kappa shape index (κ1) is 19.9. The van der Waals surface area contributed by atoms with Crippen molar-refractivity contribution in [2.45, 2.75) is 31.9 Å². The van der Waals surface area contributed by atoms with Gasteiger partial charge in [0.1, 0.15) is 6.10 Å². The van der Waals surface area contributed by atoms with E-state index in [1.807, 2.05) is 0 Å². The van der Waals surface area contributed by atoms with E-state index in [1.165, 1.54) is 11.0 Å². The van der Waals surface area contributed by atoms with Crippen LogP contribution in [0.25, 0.3) is 0 Å². The van der Waals surface area contributed by atoms with Crippen LogP contribution in [0.15, 0.2) is 42.5 Å². The topological polar surface area (TPSA) is 58.6 Å². The molecule has 5 nitrogen and oxygen atoms in total. The summed E-state index contributed by atoms with van der Waals surface area (Å²) >= 11 is 0. The first-order chi connectivity index (χ1) is 13.4. The molecule has 1 saturated heterocycles. The largest absolute Gasteiger partial charge is 0.368 e. The van der Waals surface area contributed by atoms with E-state index in [9.17, 15) is 18.4 Å². The third-order valence-electron chi connectivity index (χ3n) is 4.93. The Bertz CT molecular complexity index is 882. The van der Waals surface area contributed by atoms with Gasteiger partial charge in [-0.3, -0.25) is 9.59 Å². The zero-order chi connectivity index (χ0) is 20.3. The van der Waals surface area contributed by atoms with Crippen molar-refractivity contribution < 1.29 is 23.1 Å². The number of benzene rings is 2. The highest BCUT2D eigenvalue weighted by molar-refractivity contribution is 5.98. The number of nitrogens with zero attached hydrogens (tertiary/aromatic N) is 1. The second kappa shape index (κ2) is 8.48. The van der Waals surface area contributed by atoms with Gasteiger partial charge in [0, 0.05) is 24.9 Å². The minimum absolute atomic E-state index is 0.231. The highest BCUT2D eigenvalue weighted by Gasteiger charge is 2.24. The molecule has 3 rings (SSSR count). The van der Waals surface area contributed by atoms with Gasteiger partial charge in [0.25, 0.3) is 11.8 Å². The van der Waals surface area contributed by atoms with Crippen molar-refractivity contribution in [2.24, 2.45) is 0 Å². The van der Waals surface area contributed by atoms with Gasteiger partial charge in [-0.1, -0.05) is 12.1 Å². The molecule has 2 amide bonds. The lowest BCUT2D eigenvalue weighted by atomic mass is 10.1. The highest BCUT2D eigenvalue weighted by atomic mass is 19.2. The zero-order valence-electron chi connectivity index (χ0n) is 15.7. The Balaban J connectivity index is 1.72. The molecule has 2 aromatic rings. The lowest BCUT2D eigenvalue weighted by molar-refractivity contribution is -0.124. The summed E-state index contributed by atoms with van der Waals surface area (Å²) in [5, 5.41) is 2.77. The average molecular weight is 388 g/mol. The van der Waals surface area contributed by atoms with Gasteiger partial charge in [0.15, 0.2) is 11.6 Å². The molecule has 1 N–H and O–H groups in total. The van der Waals surface area contributed by atoms with Gasteiger partial charge < -0.3 is 15.0 Å². The summed E-state index contributed by atoms with van der Waals surface area (Å²) < 4.78 is 32.0. The molecule has 0 spiro atoms. The Morgan fingerprint density at radius 2 is 1.96 bits per heavy atom. The van der Waals surface area contributed by atoms with Crippen molar-refractivity contribution in [3.05, 3.63) is 65.2 Å². The van der Waals surface area contributed by atoms with E-state index in [1.54, 1.807) is 38.2 Å². The van der Waals surface area contributed by atoms with Crippen molar-refractivity contribution in [3.8, 4) is 0 Å². The van der Waals surface area contributed by atoms with Crippen LogP contribution < -0.4 is 5.32 Å². The Kier molecular flexibility index (Phi) is 6.04. The molecule has 148 valence electrons. The Morgan fingerprint density at radius 3 is 2.64 bits per heavy atom. The van der Waals surface area contributed by atoms with Gasteiger partial charge >= 0.3 is 0 Å². The zero-order valence-corrected chi connectivity index (χ0v) is 15.7. The smallest absolute Gasteiger partial charge is 0.254 e. The molecule has 1 fully saturated rings. The number of amides is 2. The van der Waals surface area contributed by atoms with E-state index >= 15 is 0 Å². The molecule has 2 unspecified atom stereocenters. The van der Waals surface area contributed by atoms with Crippen LogP contribution in [0.5, 0.6) is 0 Å². The molecule has 1 aliphatic heterocycles. The molecule has 0 saturated carbocycles. The summed E-state index contributed by atoms with van der Waals surface area (Å²) in [6.45, 7) is 2.30. The van der Waals surface area contributed by atoms with Crippen LogP contribution in [0.3, 0.4) is 0 Å². The van der Waals surface area contributed by atoms with Crippen LogP contribution in [0.2, 0.25) is 0 Å². The van der Waals surface area contributed by atoms with E-state index in [4.69, 9.17) is 4.74 Å². The summed E-state index contributed by atoms with van der Waals surface area (Å²) in [6, 6.07) is 9.71. The van der Waals surface area contributed by atoms with Crippen LogP contribution in [-0.2, 0) is 9.53 Å². The molecule has 0 bridgehead atoms. The van der Waals surface area contributed by atoms with Crippen molar-refractivity contribution in [1.82, 2.24) is 4.90 Å². The van der Waals surface area contributed by atoms with Gasteiger partial charge in [0.05, 0.1) is 6.04 Å². The lowest BCUT2D eigenvalue weighted by Gasteiger charge is -2.25. The molecular weight excluding hydrogens is 366 g/mol. The number of halogens is 2. The van der Waals surface area contributed by atoms with E-state index in [0.717, 1.165) is 18.6 Å². The number of anilines is 1. The number of carbonyl (C=O) groups excluding carboxylic acids is 2. The maximum Gasteiger partial charge on any atom is 0.254 e. The number of hydrogen-bond acceptors (Lipinski definition) is 3. The number of carbonyl (C=O) groups is 2. The maximum atomic E-state index is 13.5. The second-order valence-electron chi connectivity index (χ2n) is 6.84. The first-order valence-corrected chi connectivity index (χ1v) is 9.11. The summed E-state index contributed by atoms with van der Waals surface area (Å²) in [5.41, 5.74) is 1.36. The van der Waals surface area contributed by atoms with E-state index in [0.29, 0.717) is 29.8 Å². The third kappa shape index (κ3) is 4.36. The number of hydrogen-bond donors (Lipinski definition) is 1. The monoisotopic (exact) mass is 388 g/mol. The minimum atomic E-state index is -0.955. The highest BCUT2D eigenvalue weighted by Crippen LogP contribution is 2.23. The van der Waals surface area contributed by atoms with Gasteiger partial charge in [-0.2, -0.15) is 0 Å². The average Bonchev–Trinajstić information content (AvgIpc) is 3.23.